The maximum atomic E-state index is 12.7. The molecule has 2 aromatic rings. The molecule has 0 aliphatic heterocycles. The van der Waals surface area contributed by atoms with Gasteiger partial charge in [-0.15, -0.1) is 0 Å². The van der Waals surface area contributed by atoms with Crippen molar-refractivity contribution in [2.24, 2.45) is 0 Å². The van der Waals surface area contributed by atoms with Gasteiger partial charge in [-0.1, -0.05) is 6.07 Å². The number of carbonyl (C=O) groups is 1. The van der Waals surface area contributed by atoms with Crippen molar-refractivity contribution in [3.63, 3.8) is 0 Å². The maximum Gasteiger partial charge on any atom is 0.343 e. The molecule has 0 saturated carbocycles. The summed E-state index contributed by atoms with van der Waals surface area (Å²) < 4.78 is 17.7. The first kappa shape index (κ1) is 11.8. The molecule has 3 nitrogen and oxygen atoms in total. The third-order valence-electron chi connectivity index (χ3n) is 2.25. The van der Waals surface area contributed by atoms with Gasteiger partial charge in [-0.25, -0.2) is 9.18 Å². The van der Waals surface area contributed by atoms with Gasteiger partial charge < -0.3 is 4.74 Å². The number of hydrogen-bond acceptors (Lipinski definition) is 3. The average Bonchev–Trinajstić information content (AvgIpc) is 2.41. The monoisotopic (exact) mass is 241 g/mol. The van der Waals surface area contributed by atoms with E-state index in [2.05, 4.69) is 0 Å². The fraction of sp³-hybridized carbons (Fsp3) is 0. The number of nitrogens with zero attached hydrogens (tertiary/aromatic N) is 1. The first-order chi connectivity index (χ1) is 8.69. The van der Waals surface area contributed by atoms with Crippen LogP contribution >= 0.6 is 0 Å². The van der Waals surface area contributed by atoms with Crippen molar-refractivity contribution >= 4 is 5.97 Å². The number of esters is 1. The fourth-order valence-electron chi connectivity index (χ4n) is 1.38. The summed E-state index contributed by atoms with van der Waals surface area (Å²) in [4.78, 5) is 11.7. The molecule has 0 heterocycles. The number of benzene rings is 2. The SMILES string of the molecule is N#Cc1cccc(C(=O)Oc2ccc(F)cc2)c1. The van der Waals surface area contributed by atoms with E-state index in [1.165, 1.54) is 30.3 Å². The Morgan fingerprint density at radius 2 is 1.89 bits per heavy atom. The minimum Gasteiger partial charge on any atom is -0.423 e. The zero-order valence-corrected chi connectivity index (χ0v) is 9.26. The lowest BCUT2D eigenvalue weighted by Crippen LogP contribution is -2.08. The molecule has 0 bridgehead atoms. The summed E-state index contributed by atoms with van der Waals surface area (Å²) >= 11 is 0. The minimum absolute atomic E-state index is 0.253. The van der Waals surface area contributed by atoms with Gasteiger partial charge in [0.05, 0.1) is 17.2 Å². The Morgan fingerprint density at radius 1 is 1.17 bits per heavy atom. The standard InChI is InChI=1S/C14H8FNO2/c15-12-4-6-13(7-5-12)18-14(17)11-3-1-2-10(8-11)9-16/h1-8H. The second kappa shape index (κ2) is 5.11. The number of nitriles is 1. The molecule has 0 spiro atoms. The Labute approximate surface area is 103 Å². The Bertz CT molecular complexity index is 614. The van der Waals surface area contributed by atoms with E-state index in [4.69, 9.17) is 10.00 Å². The lowest BCUT2D eigenvalue weighted by atomic mass is 10.1. The van der Waals surface area contributed by atoms with Gasteiger partial charge in [-0.3, -0.25) is 0 Å². The zero-order valence-electron chi connectivity index (χ0n) is 9.26. The summed E-state index contributed by atoms with van der Waals surface area (Å²) in [6.45, 7) is 0. The predicted octanol–water partition coefficient (Wildman–Crippen LogP) is 2.92. The molecule has 0 saturated heterocycles. The number of rotatable bonds is 2. The highest BCUT2D eigenvalue weighted by atomic mass is 19.1. The van der Waals surface area contributed by atoms with Crippen molar-refractivity contribution in [1.29, 1.82) is 5.26 Å². The Morgan fingerprint density at radius 3 is 2.56 bits per heavy atom. The second-order valence-corrected chi connectivity index (χ2v) is 3.54. The fourth-order valence-corrected chi connectivity index (χ4v) is 1.38. The Kier molecular flexibility index (Phi) is 3.35. The molecule has 18 heavy (non-hydrogen) atoms. The normalized spacial score (nSPS) is 9.56. The molecule has 88 valence electrons. The van der Waals surface area contributed by atoms with E-state index in [1.54, 1.807) is 18.2 Å². The van der Waals surface area contributed by atoms with E-state index < -0.39 is 11.8 Å². The molecule has 0 unspecified atom stereocenters. The highest BCUT2D eigenvalue weighted by Gasteiger charge is 2.09. The quantitative estimate of drug-likeness (QED) is 0.600. The molecule has 2 rings (SSSR count). The minimum atomic E-state index is -0.585. The number of ether oxygens (including phenoxy) is 1. The molecule has 0 N–H and O–H groups in total. The summed E-state index contributed by atoms with van der Waals surface area (Å²) in [6.07, 6.45) is 0. The van der Waals surface area contributed by atoms with Gasteiger partial charge in [0.15, 0.2) is 0 Å². The van der Waals surface area contributed by atoms with Crippen LogP contribution in [-0.4, -0.2) is 5.97 Å². The smallest absolute Gasteiger partial charge is 0.343 e. The van der Waals surface area contributed by atoms with Gasteiger partial charge in [-0.05, 0) is 42.5 Å². The third-order valence-corrected chi connectivity index (χ3v) is 2.25. The third kappa shape index (κ3) is 2.71. The molecule has 0 amide bonds. The van der Waals surface area contributed by atoms with Crippen molar-refractivity contribution < 1.29 is 13.9 Å². The summed E-state index contributed by atoms with van der Waals surface area (Å²) in [6, 6.07) is 13.2. The van der Waals surface area contributed by atoms with Gasteiger partial charge in [0.25, 0.3) is 0 Å². The predicted molar refractivity (Wildman–Crippen MR) is 62.5 cm³/mol. The van der Waals surface area contributed by atoms with Crippen LogP contribution in [0.15, 0.2) is 48.5 Å². The molecule has 4 heteroatoms. The highest BCUT2D eigenvalue weighted by molar-refractivity contribution is 5.91. The van der Waals surface area contributed by atoms with Crippen LogP contribution in [0.2, 0.25) is 0 Å². The van der Waals surface area contributed by atoms with Crippen LogP contribution < -0.4 is 4.74 Å². The molecule has 0 radical (unpaired) electrons. The number of carbonyl (C=O) groups excluding carboxylic acids is 1. The second-order valence-electron chi connectivity index (χ2n) is 3.54. The van der Waals surface area contributed by atoms with E-state index >= 15 is 0 Å². The van der Waals surface area contributed by atoms with Crippen LogP contribution in [0, 0.1) is 17.1 Å². The van der Waals surface area contributed by atoms with Gasteiger partial charge in [0.1, 0.15) is 11.6 Å². The van der Waals surface area contributed by atoms with Crippen LogP contribution in [0.1, 0.15) is 15.9 Å². The van der Waals surface area contributed by atoms with Gasteiger partial charge in [0.2, 0.25) is 0 Å². The number of halogens is 1. The van der Waals surface area contributed by atoms with Gasteiger partial charge in [-0.2, -0.15) is 5.26 Å². The van der Waals surface area contributed by atoms with E-state index in [0.29, 0.717) is 5.56 Å². The Hall–Kier alpha value is -2.67. The first-order valence-electron chi connectivity index (χ1n) is 5.17. The Balaban J connectivity index is 2.17. The van der Waals surface area contributed by atoms with E-state index in [-0.39, 0.29) is 11.3 Å². The average molecular weight is 241 g/mol. The molecule has 2 aromatic carbocycles. The van der Waals surface area contributed by atoms with Crippen molar-refractivity contribution in [3.8, 4) is 11.8 Å². The summed E-state index contributed by atoms with van der Waals surface area (Å²) in [7, 11) is 0. The zero-order chi connectivity index (χ0) is 13.0. The van der Waals surface area contributed by atoms with E-state index in [9.17, 15) is 9.18 Å². The molecular weight excluding hydrogens is 233 g/mol. The van der Waals surface area contributed by atoms with Crippen molar-refractivity contribution in [2.45, 2.75) is 0 Å². The largest absolute Gasteiger partial charge is 0.423 e. The van der Waals surface area contributed by atoms with Gasteiger partial charge >= 0.3 is 5.97 Å². The van der Waals surface area contributed by atoms with Crippen LogP contribution in [0.25, 0.3) is 0 Å². The summed E-state index contributed by atoms with van der Waals surface area (Å²) in [5.74, 6) is -0.733. The lowest BCUT2D eigenvalue weighted by Gasteiger charge is -2.04. The highest BCUT2D eigenvalue weighted by Crippen LogP contribution is 2.14. The maximum absolute atomic E-state index is 12.7. The van der Waals surface area contributed by atoms with E-state index in [0.717, 1.165) is 0 Å². The van der Waals surface area contributed by atoms with E-state index in [1.807, 2.05) is 6.07 Å². The molecular formula is C14H8FNO2. The van der Waals surface area contributed by atoms with Crippen LogP contribution in [0.3, 0.4) is 0 Å². The number of hydrogen-bond donors (Lipinski definition) is 0. The summed E-state index contributed by atoms with van der Waals surface area (Å²) in [5, 5.41) is 8.72. The molecule has 0 aromatic heterocycles. The van der Waals surface area contributed by atoms with Gasteiger partial charge in [0, 0.05) is 0 Å². The summed E-state index contributed by atoms with van der Waals surface area (Å²) in [5.41, 5.74) is 0.655. The van der Waals surface area contributed by atoms with Crippen molar-refractivity contribution in [2.75, 3.05) is 0 Å². The molecule has 0 aliphatic rings. The lowest BCUT2D eigenvalue weighted by molar-refractivity contribution is 0.0734. The molecule has 0 atom stereocenters. The van der Waals surface area contributed by atoms with Crippen LogP contribution in [0.4, 0.5) is 4.39 Å². The molecule has 0 fully saturated rings. The molecule has 0 aliphatic carbocycles. The van der Waals surface area contributed by atoms with Crippen LogP contribution in [0.5, 0.6) is 5.75 Å². The van der Waals surface area contributed by atoms with Crippen molar-refractivity contribution in [1.82, 2.24) is 0 Å². The first-order valence-corrected chi connectivity index (χ1v) is 5.17. The topological polar surface area (TPSA) is 50.1 Å². The van der Waals surface area contributed by atoms with Crippen molar-refractivity contribution in [3.05, 3.63) is 65.5 Å². The van der Waals surface area contributed by atoms with Crippen LogP contribution in [-0.2, 0) is 0 Å².